The third-order valence-corrected chi connectivity index (χ3v) is 2.35. The molecule has 5 nitrogen and oxygen atoms in total. The highest BCUT2D eigenvalue weighted by molar-refractivity contribution is 5.73. The summed E-state index contributed by atoms with van der Waals surface area (Å²) in [5.74, 6) is -0.761. The normalized spacial score (nSPS) is 12.3. The van der Waals surface area contributed by atoms with E-state index < -0.39 is 0 Å². The number of methoxy groups -OCH3 is 1. The lowest BCUT2D eigenvalue weighted by molar-refractivity contribution is -0.148. The van der Waals surface area contributed by atoms with Gasteiger partial charge in [-0.1, -0.05) is 20.3 Å². The Morgan fingerprint density at radius 1 is 1.35 bits per heavy atom. The van der Waals surface area contributed by atoms with Crippen LogP contribution in [0.25, 0.3) is 0 Å². The molecule has 0 aliphatic heterocycles. The van der Waals surface area contributed by atoms with Crippen LogP contribution in [0.4, 0.5) is 0 Å². The van der Waals surface area contributed by atoms with Crippen LogP contribution < -0.4 is 0 Å². The Labute approximate surface area is 103 Å². The first-order valence-corrected chi connectivity index (χ1v) is 5.93. The Bertz CT molecular complexity index is 243. The van der Waals surface area contributed by atoms with Crippen LogP contribution in [-0.2, 0) is 19.1 Å². The van der Waals surface area contributed by atoms with E-state index in [1.54, 1.807) is 18.9 Å². The molecule has 0 bridgehead atoms. The van der Waals surface area contributed by atoms with Crippen LogP contribution >= 0.6 is 0 Å². The van der Waals surface area contributed by atoms with E-state index in [-0.39, 0.29) is 24.4 Å². The molecule has 100 valence electrons. The van der Waals surface area contributed by atoms with Gasteiger partial charge in [0.1, 0.15) is 0 Å². The number of hydrogen-bond acceptors (Lipinski definition) is 5. The number of unbranched alkanes of at least 4 members (excludes halogenated alkanes) is 1. The van der Waals surface area contributed by atoms with E-state index >= 15 is 0 Å². The van der Waals surface area contributed by atoms with Crippen LogP contribution in [0.5, 0.6) is 0 Å². The predicted octanol–water partition coefficient (Wildman–Crippen LogP) is 1.07. The van der Waals surface area contributed by atoms with Crippen LogP contribution in [0.2, 0.25) is 0 Å². The number of nitrogens with zero attached hydrogens (tertiary/aromatic N) is 1. The molecule has 0 spiro atoms. The second-order valence-corrected chi connectivity index (χ2v) is 4.19. The van der Waals surface area contributed by atoms with Gasteiger partial charge in [-0.25, -0.2) is 0 Å². The third kappa shape index (κ3) is 7.74. The number of ether oxygens (including phenoxy) is 2. The highest BCUT2D eigenvalue weighted by Gasteiger charge is 2.17. The van der Waals surface area contributed by atoms with E-state index in [0.717, 1.165) is 12.8 Å². The molecule has 0 rings (SSSR count). The van der Waals surface area contributed by atoms with E-state index in [2.05, 4.69) is 4.74 Å². The first-order chi connectivity index (χ1) is 8.01. The fraction of sp³-hybridized carbons (Fsp3) is 0.833. The van der Waals surface area contributed by atoms with Crippen molar-refractivity contribution >= 4 is 11.9 Å². The van der Waals surface area contributed by atoms with Crippen molar-refractivity contribution in [3.05, 3.63) is 0 Å². The average Bonchev–Trinajstić information content (AvgIpc) is 2.27. The zero-order chi connectivity index (χ0) is 13.3. The monoisotopic (exact) mass is 245 g/mol. The Morgan fingerprint density at radius 3 is 2.53 bits per heavy atom. The lowest BCUT2D eigenvalue weighted by Crippen LogP contribution is -2.34. The van der Waals surface area contributed by atoms with Gasteiger partial charge in [0.15, 0.2) is 0 Å². The van der Waals surface area contributed by atoms with Gasteiger partial charge < -0.3 is 9.47 Å². The van der Waals surface area contributed by atoms with Gasteiger partial charge in [0.05, 0.1) is 26.2 Å². The molecule has 0 saturated heterocycles. The summed E-state index contributed by atoms with van der Waals surface area (Å²) >= 11 is 0. The molecule has 0 radical (unpaired) electrons. The summed E-state index contributed by atoms with van der Waals surface area (Å²) in [5, 5.41) is 0. The minimum absolute atomic E-state index is 0.199. The van der Waals surface area contributed by atoms with Crippen molar-refractivity contribution in [1.82, 2.24) is 4.90 Å². The topological polar surface area (TPSA) is 55.8 Å². The molecule has 0 saturated carbocycles. The van der Waals surface area contributed by atoms with Gasteiger partial charge in [0.25, 0.3) is 0 Å². The fourth-order valence-electron chi connectivity index (χ4n) is 1.40. The SMILES string of the molecule is CCCCOC(=O)CN(C)CC(C)C(=O)OC. The quantitative estimate of drug-likeness (QED) is 0.473. The molecule has 0 N–H and O–H groups in total. The Kier molecular flexibility index (Phi) is 8.40. The summed E-state index contributed by atoms with van der Waals surface area (Å²) < 4.78 is 9.64. The molecule has 0 heterocycles. The van der Waals surface area contributed by atoms with Gasteiger partial charge in [0, 0.05) is 6.54 Å². The summed E-state index contributed by atoms with van der Waals surface area (Å²) in [6, 6.07) is 0. The Balaban J connectivity index is 3.80. The number of rotatable bonds is 8. The maximum absolute atomic E-state index is 11.4. The second kappa shape index (κ2) is 8.98. The lowest BCUT2D eigenvalue weighted by Gasteiger charge is -2.18. The van der Waals surface area contributed by atoms with E-state index in [1.807, 2.05) is 6.92 Å². The van der Waals surface area contributed by atoms with E-state index in [0.29, 0.717) is 13.2 Å². The number of hydrogen-bond donors (Lipinski definition) is 0. The van der Waals surface area contributed by atoms with Crippen molar-refractivity contribution in [2.75, 3.05) is 33.9 Å². The van der Waals surface area contributed by atoms with Crippen molar-refractivity contribution in [1.29, 1.82) is 0 Å². The highest BCUT2D eigenvalue weighted by atomic mass is 16.5. The Hall–Kier alpha value is -1.10. The van der Waals surface area contributed by atoms with Crippen LogP contribution in [0.15, 0.2) is 0 Å². The molecular formula is C12H23NO4. The zero-order valence-corrected chi connectivity index (χ0v) is 11.2. The first-order valence-electron chi connectivity index (χ1n) is 5.93. The molecule has 0 aromatic rings. The number of likely N-dealkylation sites (N-methyl/N-ethyl adjacent to an activating group) is 1. The second-order valence-electron chi connectivity index (χ2n) is 4.19. The predicted molar refractivity (Wildman–Crippen MR) is 64.5 cm³/mol. The van der Waals surface area contributed by atoms with Gasteiger partial charge in [-0.15, -0.1) is 0 Å². The largest absolute Gasteiger partial charge is 0.469 e. The summed E-state index contributed by atoms with van der Waals surface area (Å²) in [7, 11) is 3.14. The minimum Gasteiger partial charge on any atom is -0.469 e. The fourth-order valence-corrected chi connectivity index (χ4v) is 1.40. The van der Waals surface area contributed by atoms with Crippen molar-refractivity contribution in [2.24, 2.45) is 5.92 Å². The number of carbonyl (C=O) groups excluding carboxylic acids is 2. The molecule has 17 heavy (non-hydrogen) atoms. The molecule has 5 heteroatoms. The van der Waals surface area contributed by atoms with Crippen LogP contribution in [0.3, 0.4) is 0 Å². The van der Waals surface area contributed by atoms with Crippen LogP contribution in [0, 0.1) is 5.92 Å². The molecule has 1 unspecified atom stereocenters. The zero-order valence-electron chi connectivity index (χ0n) is 11.2. The summed E-state index contributed by atoms with van der Waals surface area (Å²) in [4.78, 5) is 24.3. The van der Waals surface area contributed by atoms with Gasteiger partial charge in [0.2, 0.25) is 0 Å². The van der Waals surface area contributed by atoms with Crippen molar-refractivity contribution in [3.63, 3.8) is 0 Å². The molecule has 0 amide bonds. The summed E-state index contributed by atoms with van der Waals surface area (Å²) in [5.41, 5.74) is 0. The lowest BCUT2D eigenvalue weighted by atomic mass is 10.2. The maximum Gasteiger partial charge on any atom is 0.320 e. The molecule has 0 aromatic heterocycles. The van der Waals surface area contributed by atoms with Crippen molar-refractivity contribution in [3.8, 4) is 0 Å². The van der Waals surface area contributed by atoms with Crippen molar-refractivity contribution < 1.29 is 19.1 Å². The summed E-state index contributed by atoms with van der Waals surface area (Å²) in [6.45, 7) is 4.96. The molecule has 1 atom stereocenters. The van der Waals surface area contributed by atoms with E-state index in [9.17, 15) is 9.59 Å². The van der Waals surface area contributed by atoms with Gasteiger partial charge in [-0.3, -0.25) is 14.5 Å². The number of esters is 2. The van der Waals surface area contributed by atoms with Gasteiger partial charge in [-0.2, -0.15) is 0 Å². The highest BCUT2D eigenvalue weighted by Crippen LogP contribution is 2.01. The smallest absolute Gasteiger partial charge is 0.320 e. The standard InChI is InChI=1S/C12H23NO4/c1-5-6-7-17-11(14)9-13(3)8-10(2)12(15)16-4/h10H,5-9H2,1-4H3. The maximum atomic E-state index is 11.4. The molecule has 0 aromatic carbocycles. The number of carbonyl (C=O) groups is 2. The summed E-state index contributed by atoms with van der Waals surface area (Å²) in [6.07, 6.45) is 1.89. The van der Waals surface area contributed by atoms with E-state index in [4.69, 9.17) is 4.74 Å². The van der Waals surface area contributed by atoms with Crippen LogP contribution in [-0.4, -0.2) is 50.7 Å². The van der Waals surface area contributed by atoms with Crippen molar-refractivity contribution in [2.45, 2.75) is 26.7 Å². The average molecular weight is 245 g/mol. The minimum atomic E-state index is -0.267. The molecule has 0 fully saturated rings. The van der Waals surface area contributed by atoms with E-state index in [1.165, 1.54) is 7.11 Å². The third-order valence-electron chi connectivity index (χ3n) is 2.35. The van der Waals surface area contributed by atoms with Gasteiger partial charge >= 0.3 is 11.9 Å². The molecule has 0 aliphatic carbocycles. The van der Waals surface area contributed by atoms with Crippen LogP contribution in [0.1, 0.15) is 26.7 Å². The van der Waals surface area contributed by atoms with Gasteiger partial charge in [-0.05, 0) is 13.5 Å². The Morgan fingerprint density at radius 2 is 2.00 bits per heavy atom. The molecule has 0 aliphatic rings. The molecular weight excluding hydrogens is 222 g/mol. The first kappa shape index (κ1) is 15.9.